The Bertz CT molecular complexity index is 769. The number of amides is 1. The van der Waals surface area contributed by atoms with E-state index in [0.717, 1.165) is 6.42 Å². The van der Waals surface area contributed by atoms with Gasteiger partial charge in [-0.1, -0.05) is 32.1 Å². The van der Waals surface area contributed by atoms with Gasteiger partial charge in [-0.2, -0.15) is 4.31 Å². The van der Waals surface area contributed by atoms with E-state index in [9.17, 15) is 13.2 Å². The van der Waals surface area contributed by atoms with Gasteiger partial charge in [-0.05, 0) is 30.5 Å². The lowest BCUT2D eigenvalue weighted by atomic mass is 9.86. The second-order valence-corrected chi connectivity index (χ2v) is 9.41. The first-order chi connectivity index (χ1) is 13.5. The maximum absolute atomic E-state index is 12.9. The fourth-order valence-electron chi connectivity index (χ4n) is 3.90. The van der Waals surface area contributed by atoms with Crippen LogP contribution in [0, 0.1) is 5.92 Å². The molecule has 1 amide bonds. The van der Waals surface area contributed by atoms with Crippen molar-refractivity contribution in [1.29, 1.82) is 0 Å². The topological polar surface area (TPSA) is 84.9 Å². The van der Waals surface area contributed by atoms with E-state index in [4.69, 9.17) is 9.47 Å². The van der Waals surface area contributed by atoms with Crippen molar-refractivity contribution in [1.82, 2.24) is 4.31 Å². The normalized spacial score (nSPS) is 19.3. The number of hydrogen-bond donors (Lipinski definition) is 1. The number of sulfonamides is 1. The molecule has 1 saturated carbocycles. The molecular formula is C20H30N2O5S. The molecule has 0 aromatic heterocycles. The van der Waals surface area contributed by atoms with E-state index in [2.05, 4.69) is 5.32 Å². The number of anilines is 1. The monoisotopic (exact) mass is 410 g/mol. The number of benzene rings is 1. The molecule has 0 bridgehead atoms. The third-order valence-corrected chi connectivity index (χ3v) is 7.45. The molecule has 1 aliphatic carbocycles. The average molecular weight is 411 g/mol. The molecule has 1 heterocycles. The van der Waals surface area contributed by atoms with Gasteiger partial charge in [0.25, 0.3) is 0 Å². The van der Waals surface area contributed by atoms with Crippen molar-refractivity contribution < 1.29 is 22.7 Å². The van der Waals surface area contributed by atoms with Crippen LogP contribution in [0.15, 0.2) is 23.1 Å². The van der Waals surface area contributed by atoms with Crippen LogP contribution >= 0.6 is 0 Å². The summed E-state index contributed by atoms with van der Waals surface area (Å²) in [7, 11) is -2.13. The summed E-state index contributed by atoms with van der Waals surface area (Å²) in [5.74, 6) is 0.964. The minimum Gasteiger partial charge on any atom is -0.495 e. The van der Waals surface area contributed by atoms with E-state index in [1.807, 2.05) is 0 Å². The van der Waals surface area contributed by atoms with Crippen LogP contribution in [0.1, 0.15) is 44.9 Å². The molecule has 0 spiro atoms. The largest absolute Gasteiger partial charge is 0.495 e. The molecule has 1 aromatic rings. The minimum absolute atomic E-state index is 0.107. The van der Waals surface area contributed by atoms with Crippen LogP contribution in [0.25, 0.3) is 0 Å². The van der Waals surface area contributed by atoms with Gasteiger partial charge in [0, 0.05) is 19.5 Å². The number of morpholine rings is 1. The first-order valence-electron chi connectivity index (χ1n) is 10.1. The van der Waals surface area contributed by atoms with Gasteiger partial charge in [0.1, 0.15) is 5.75 Å². The summed E-state index contributed by atoms with van der Waals surface area (Å²) in [6.45, 7) is 1.44. The third kappa shape index (κ3) is 5.24. The predicted molar refractivity (Wildman–Crippen MR) is 107 cm³/mol. The van der Waals surface area contributed by atoms with Gasteiger partial charge in [-0.15, -0.1) is 0 Å². The highest BCUT2D eigenvalue weighted by molar-refractivity contribution is 7.89. The van der Waals surface area contributed by atoms with Crippen LogP contribution in [0.5, 0.6) is 5.75 Å². The van der Waals surface area contributed by atoms with E-state index < -0.39 is 10.0 Å². The van der Waals surface area contributed by atoms with Crippen molar-refractivity contribution in [2.24, 2.45) is 5.92 Å². The molecular weight excluding hydrogens is 380 g/mol. The predicted octanol–water partition coefficient (Wildman–Crippen LogP) is 3.02. The Hall–Kier alpha value is -1.64. The maximum atomic E-state index is 12.9. The van der Waals surface area contributed by atoms with Crippen molar-refractivity contribution in [2.75, 3.05) is 38.7 Å². The number of carbonyl (C=O) groups excluding carboxylic acids is 1. The van der Waals surface area contributed by atoms with E-state index in [0.29, 0.717) is 50.1 Å². The Kier molecular flexibility index (Phi) is 7.31. The Balaban J connectivity index is 1.69. The SMILES string of the molecule is COc1ccc(S(=O)(=O)N2CCOCC2)cc1NC(=O)CCC1CCCCC1. The zero-order chi connectivity index (χ0) is 20.0. The van der Waals surface area contributed by atoms with Crippen LogP contribution in [0.3, 0.4) is 0 Å². The van der Waals surface area contributed by atoms with E-state index >= 15 is 0 Å². The number of hydrogen-bond acceptors (Lipinski definition) is 5. The van der Waals surface area contributed by atoms with Gasteiger partial charge < -0.3 is 14.8 Å². The molecule has 156 valence electrons. The molecule has 1 aromatic carbocycles. The molecule has 0 radical (unpaired) electrons. The van der Waals surface area contributed by atoms with E-state index in [1.54, 1.807) is 6.07 Å². The van der Waals surface area contributed by atoms with Gasteiger partial charge in [0.05, 0.1) is 30.9 Å². The lowest BCUT2D eigenvalue weighted by Crippen LogP contribution is -2.40. The quantitative estimate of drug-likeness (QED) is 0.747. The number of rotatable bonds is 7. The number of methoxy groups -OCH3 is 1. The van der Waals surface area contributed by atoms with Gasteiger partial charge in [0.15, 0.2) is 0 Å². The molecule has 7 nitrogen and oxygen atoms in total. The molecule has 1 saturated heterocycles. The highest BCUT2D eigenvalue weighted by Crippen LogP contribution is 2.30. The summed E-state index contributed by atoms with van der Waals surface area (Å²) in [4.78, 5) is 12.6. The Labute approximate surface area is 167 Å². The van der Waals surface area contributed by atoms with Crippen LogP contribution in [-0.2, 0) is 19.6 Å². The molecule has 0 atom stereocenters. The summed E-state index contributed by atoms with van der Waals surface area (Å²) >= 11 is 0. The van der Waals surface area contributed by atoms with Crippen LogP contribution in [-0.4, -0.2) is 52.0 Å². The van der Waals surface area contributed by atoms with Crippen LogP contribution in [0.2, 0.25) is 0 Å². The number of carbonyl (C=O) groups is 1. The fraction of sp³-hybridized carbons (Fsp3) is 0.650. The van der Waals surface area contributed by atoms with Crippen LogP contribution < -0.4 is 10.1 Å². The van der Waals surface area contributed by atoms with Crippen molar-refractivity contribution in [3.63, 3.8) is 0 Å². The molecule has 2 aliphatic rings. The summed E-state index contributed by atoms with van der Waals surface area (Å²) in [5.41, 5.74) is 0.394. The van der Waals surface area contributed by atoms with E-state index in [1.165, 1.54) is 55.7 Å². The zero-order valence-corrected chi connectivity index (χ0v) is 17.3. The highest BCUT2D eigenvalue weighted by Gasteiger charge is 2.27. The van der Waals surface area contributed by atoms with E-state index in [-0.39, 0.29) is 10.8 Å². The third-order valence-electron chi connectivity index (χ3n) is 5.56. The van der Waals surface area contributed by atoms with Gasteiger partial charge in [-0.3, -0.25) is 4.79 Å². The lowest BCUT2D eigenvalue weighted by molar-refractivity contribution is -0.116. The Morgan fingerprint density at radius 2 is 1.93 bits per heavy atom. The van der Waals surface area contributed by atoms with Crippen molar-refractivity contribution >= 4 is 21.6 Å². The average Bonchev–Trinajstić information content (AvgIpc) is 2.73. The maximum Gasteiger partial charge on any atom is 0.243 e. The summed E-state index contributed by atoms with van der Waals surface area (Å²) in [5, 5.41) is 2.84. The van der Waals surface area contributed by atoms with Crippen LogP contribution in [0.4, 0.5) is 5.69 Å². The Morgan fingerprint density at radius 1 is 1.21 bits per heavy atom. The van der Waals surface area contributed by atoms with Gasteiger partial charge in [-0.25, -0.2) is 8.42 Å². The molecule has 1 N–H and O–H groups in total. The Morgan fingerprint density at radius 3 is 2.61 bits per heavy atom. The smallest absolute Gasteiger partial charge is 0.243 e. The molecule has 0 unspecified atom stereocenters. The number of ether oxygens (including phenoxy) is 2. The first kappa shape index (κ1) is 21.1. The molecule has 2 fully saturated rings. The zero-order valence-electron chi connectivity index (χ0n) is 16.5. The molecule has 8 heteroatoms. The summed E-state index contributed by atoms with van der Waals surface area (Å²) in [6.07, 6.45) is 7.51. The van der Waals surface area contributed by atoms with Crippen molar-refractivity contribution in [2.45, 2.75) is 49.8 Å². The number of nitrogens with one attached hydrogen (secondary N) is 1. The highest BCUT2D eigenvalue weighted by atomic mass is 32.2. The summed E-state index contributed by atoms with van der Waals surface area (Å²) < 4.78 is 37.7. The molecule has 1 aliphatic heterocycles. The van der Waals surface area contributed by atoms with Crippen molar-refractivity contribution in [3.05, 3.63) is 18.2 Å². The lowest BCUT2D eigenvalue weighted by Gasteiger charge is -2.26. The standard InChI is InChI=1S/C20H30N2O5S/c1-26-19-9-8-17(28(24,25)22-11-13-27-14-12-22)15-18(19)21-20(23)10-7-16-5-3-2-4-6-16/h8-9,15-16H,2-7,10-14H2,1H3,(H,21,23). The second kappa shape index (κ2) is 9.71. The van der Waals surface area contributed by atoms with Crippen molar-refractivity contribution in [3.8, 4) is 5.75 Å². The fourth-order valence-corrected chi connectivity index (χ4v) is 5.34. The first-order valence-corrected chi connectivity index (χ1v) is 11.5. The summed E-state index contributed by atoms with van der Waals surface area (Å²) in [6, 6.07) is 4.59. The van der Waals surface area contributed by atoms with Gasteiger partial charge in [0.2, 0.25) is 15.9 Å². The number of nitrogens with zero attached hydrogens (tertiary/aromatic N) is 1. The van der Waals surface area contributed by atoms with Gasteiger partial charge >= 0.3 is 0 Å². The minimum atomic E-state index is -3.63. The molecule has 3 rings (SSSR count). The second-order valence-electron chi connectivity index (χ2n) is 7.47. The molecule has 28 heavy (non-hydrogen) atoms.